The quantitative estimate of drug-likeness (QED) is 0.378. The highest BCUT2D eigenvalue weighted by atomic mass is 35.5. The van der Waals surface area contributed by atoms with E-state index >= 15 is 0 Å². The van der Waals surface area contributed by atoms with Crippen molar-refractivity contribution in [1.82, 2.24) is 9.80 Å². The molecular formula is C13H19ClN4O3. The van der Waals surface area contributed by atoms with Crippen molar-refractivity contribution in [2.24, 2.45) is 10.9 Å². The number of rotatable bonds is 3. The first-order valence-corrected chi connectivity index (χ1v) is 7.01. The van der Waals surface area contributed by atoms with Crippen LogP contribution in [0.5, 0.6) is 0 Å². The second-order valence-electron chi connectivity index (χ2n) is 5.43. The third kappa shape index (κ3) is 3.14. The van der Waals surface area contributed by atoms with Crippen LogP contribution >= 0.6 is 11.6 Å². The van der Waals surface area contributed by atoms with Crippen LogP contribution in [0.1, 0.15) is 24.4 Å². The molecule has 0 unspecified atom stereocenters. The molecule has 7 nitrogen and oxygen atoms in total. The Hall–Kier alpha value is -1.73. The van der Waals surface area contributed by atoms with Crippen LogP contribution < -0.4 is 5.73 Å². The molecule has 1 saturated heterocycles. The van der Waals surface area contributed by atoms with Gasteiger partial charge in [0.1, 0.15) is 0 Å². The number of nitrogens with zero attached hydrogens (tertiary/aromatic N) is 3. The van der Waals surface area contributed by atoms with E-state index in [-0.39, 0.29) is 22.7 Å². The number of furan rings is 1. The fourth-order valence-corrected chi connectivity index (χ4v) is 2.48. The van der Waals surface area contributed by atoms with Crippen molar-refractivity contribution >= 4 is 23.3 Å². The largest absolute Gasteiger partial charge is 0.440 e. The van der Waals surface area contributed by atoms with E-state index in [0.717, 1.165) is 0 Å². The van der Waals surface area contributed by atoms with Gasteiger partial charge in [0.05, 0.1) is 5.54 Å². The standard InChI is InChI=1S/C13H19ClN4O3/c1-13(2,12(15)16-20)18-7-5-17(6-8-18)11(19)9-3-4-10(14)21-9/h3-4,20H,5-8H2,1-2H3,(H2,15,16). The Morgan fingerprint density at radius 2 is 2.00 bits per heavy atom. The van der Waals surface area contributed by atoms with E-state index in [4.69, 9.17) is 27.0 Å². The van der Waals surface area contributed by atoms with Crippen molar-refractivity contribution in [3.8, 4) is 0 Å². The molecule has 0 bridgehead atoms. The lowest BCUT2D eigenvalue weighted by Crippen LogP contribution is -2.60. The summed E-state index contributed by atoms with van der Waals surface area (Å²) >= 11 is 5.68. The number of halogens is 1. The molecule has 0 saturated carbocycles. The maximum absolute atomic E-state index is 12.2. The average Bonchev–Trinajstić information content (AvgIpc) is 2.92. The highest BCUT2D eigenvalue weighted by Gasteiger charge is 2.35. The molecule has 2 heterocycles. The summed E-state index contributed by atoms with van der Waals surface area (Å²) in [5.74, 6) is 0.215. The molecule has 21 heavy (non-hydrogen) atoms. The van der Waals surface area contributed by atoms with Gasteiger partial charge >= 0.3 is 0 Å². The third-order valence-corrected chi connectivity index (χ3v) is 4.08. The SMILES string of the molecule is CC(C)(/C(N)=N/O)N1CCN(C(=O)c2ccc(Cl)o2)CC1. The zero-order valence-electron chi connectivity index (χ0n) is 12.0. The van der Waals surface area contributed by atoms with Gasteiger partial charge in [-0.25, -0.2) is 0 Å². The number of amidine groups is 1. The Kier molecular flexibility index (Phi) is 4.43. The smallest absolute Gasteiger partial charge is 0.289 e. The number of oxime groups is 1. The predicted molar refractivity (Wildman–Crippen MR) is 78.7 cm³/mol. The van der Waals surface area contributed by atoms with Gasteiger partial charge in [-0.1, -0.05) is 5.16 Å². The maximum atomic E-state index is 12.2. The average molecular weight is 315 g/mol. The predicted octanol–water partition coefficient (Wildman–Crippen LogP) is 1.22. The van der Waals surface area contributed by atoms with Gasteiger partial charge in [0.15, 0.2) is 16.8 Å². The second-order valence-corrected chi connectivity index (χ2v) is 5.80. The van der Waals surface area contributed by atoms with Gasteiger partial charge in [-0.05, 0) is 37.6 Å². The number of carbonyl (C=O) groups excluding carboxylic acids is 1. The summed E-state index contributed by atoms with van der Waals surface area (Å²) < 4.78 is 5.14. The molecule has 1 aliphatic heterocycles. The molecule has 1 aromatic rings. The monoisotopic (exact) mass is 314 g/mol. The molecule has 1 aromatic heterocycles. The topological polar surface area (TPSA) is 95.3 Å². The molecule has 1 amide bonds. The van der Waals surface area contributed by atoms with Gasteiger partial charge in [0, 0.05) is 26.2 Å². The minimum Gasteiger partial charge on any atom is -0.440 e. The van der Waals surface area contributed by atoms with Gasteiger partial charge < -0.3 is 20.3 Å². The zero-order chi connectivity index (χ0) is 15.6. The highest BCUT2D eigenvalue weighted by molar-refractivity contribution is 6.29. The number of piperazine rings is 1. The van der Waals surface area contributed by atoms with E-state index in [1.165, 1.54) is 0 Å². The number of carbonyl (C=O) groups is 1. The summed E-state index contributed by atoms with van der Waals surface area (Å²) in [7, 11) is 0. The molecule has 116 valence electrons. The highest BCUT2D eigenvalue weighted by Crippen LogP contribution is 2.20. The Morgan fingerprint density at radius 1 is 1.38 bits per heavy atom. The van der Waals surface area contributed by atoms with Gasteiger partial charge in [0.2, 0.25) is 0 Å². The van der Waals surface area contributed by atoms with Crippen LogP contribution in [-0.2, 0) is 0 Å². The third-order valence-electron chi connectivity index (χ3n) is 3.88. The molecule has 0 spiro atoms. The second kappa shape index (κ2) is 5.95. The molecule has 2 rings (SSSR count). The van der Waals surface area contributed by atoms with E-state index in [2.05, 4.69) is 10.1 Å². The van der Waals surface area contributed by atoms with Crippen LogP contribution in [0.25, 0.3) is 0 Å². The molecule has 3 N–H and O–H groups in total. The molecule has 0 aliphatic carbocycles. The Labute approximate surface area is 127 Å². The van der Waals surface area contributed by atoms with Crippen LogP contribution in [0.15, 0.2) is 21.7 Å². The minimum atomic E-state index is -0.558. The van der Waals surface area contributed by atoms with Crippen LogP contribution in [0.2, 0.25) is 5.22 Å². The Bertz CT molecular complexity index is 547. The number of amides is 1. The summed E-state index contributed by atoms with van der Waals surface area (Å²) in [5.41, 5.74) is 5.16. The fourth-order valence-electron chi connectivity index (χ4n) is 2.34. The fraction of sp³-hybridized carbons (Fsp3) is 0.538. The first-order valence-electron chi connectivity index (χ1n) is 6.64. The van der Waals surface area contributed by atoms with Crippen LogP contribution in [0.3, 0.4) is 0 Å². The number of hydrogen-bond donors (Lipinski definition) is 2. The first kappa shape index (κ1) is 15.7. The van der Waals surface area contributed by atoms with E-state index in [1.54, 1.807) is 17.0 Å². The van der Waals surface area contributed by atoms with Crippen molar-refractivity contribution in [2.75, 3.05) is 26.2 Å². The molecule has 1 aliphatic rings. The summed E-state index contributed by atoms with van der Waals surface area (Å²) in [5, 5.41) is 12.1. The lowest BCUT2D eigenvalue weighted by Gasteiger charge is -2.42. The Morgan fingerprint density at radius 3 is 2.48 bits per heavy atom. The molecule has 8 heteroatoms. The van der Waals surface area contributed by atoms with E-state index in [9.17, 15) is 4.79 Å². The summed E-state index contributed by atoms with van der Waals surface area (Å²) in [6.45, 7) is 6.10. The van der Waals surface area contributed by atoms with Gasteiger partial charge in [-0.3, -0.25) is 9.69 Å². The maximum Gasteiger partial charge on any atom is 0.289 e. The molecule has 0 radical (unpaired) electrons. The van der Waals surface area contributed by atoms with Crippen LogP contribution in [-0.4, -0.2) is 58.5 Å². The van der Waals surface area contributed by atoms with Crippen LogP contribution in [0.4, 0.5) is 0 Å². The number of nitrogens with two attached hydrogens (primary N) is 1. The van der Waals surface area contributed by atoms with Crippen LogP contribution in [0, 0.1) is 0 Å². The van der Waals surface area contributed by atoms with E-state index in [0.29, 0.717) is 26.2 Å². The van der Waals surface area contributed by atoms with Crippen molar-refractivity contribution in [2.45, 2.75) is 19.4 Å². The van der Waals surface area contributed by atoms with E-state index < -0.39 is 5.54 Å². The lowest BCUT2D eigenvalue weighted by atomic mass is 10.00. The molecular weight excluding hydrogens is 296 g/mol. The molecule has 1 fully saturated rings. The Balaban J connectivity index is 1.99. The van der Waals surface area contributed by atoms with Crippen molar-refractivity contribution < 1.29 is 14.4 Å². The van der Waals surface area contributed by atoms with Crippen molar-refractivity contribution in [3.63, 3.8) is 0 Å². The first-order chi connectivity index (χ1) is 9.86. The van der Waals surface area contributed by atoms with Crippen molar-refractivity contribution in [1.29, 1.82) is 0 Å². The van der Waals surface area contributed by atoms with Crippen molar-refractivity contribution in [3.05, 3.63) is 23.1 Å². The molecule has 0 atom stereocenters. The van der Waals surface area contributed by atoms with Gasteiger partial charge in [-0.15, -0.1) is 0 Å². The lowest BCUT2D eigenvalue weighted by molar-refractivity contribution is 0.0505. The summed E-state index contributed by atoms with van der Waals surface area (Å²) in [6.07, 6.45) is 0. The van der Waals surface area contributed by atoms with E-state index in [1.807, 2.05) is 13.8 Å². The normalized spacial score (nSPS) is 18.0. The van der Waals surface area contributed by atoms with Gasteiger partial charge in [0.25, 0.3) is 5.91 Å². The minimum absolute atomic E-state index is 0.153. The molecule has 0 aromatic carbocycles. The van der Waals surface area contributed by atoms with Gasteiger partial charge in [-0.2, -0.15) is 0 Å². The summed E-state index contributed by atoms with van der Waals surface area (Å²) in [4.78, 5) is 16.0. The zero-order valence-corrected chi connectivity index (χ0v) is 12.8. The summed E-state index contributed by atoms with van der Waals surface area (Å²) in [6, 6.07) is 3.12. The number of hydrogen-bond acceptors (Lipinski definition) is 5.